The molecule has 0 aromatic heterocycles. The minimum absolute atomic E-state index is 0.131. The zero-order valence-corrected chi connectivity index (χ0v) is 18.6. The highest BCUT2D eigenvalue weighted by atomic mass is 16.7. The molecule has 0 fully saturated rings. The van der Waals surface area contributed by atoms with Crippen LogP contribution in [-0.2, 0) is 0 Å². The smallest absolute Gasteiger partial charge is 0.343 e. The molecule has 9 nitrogen and oxygen atoms in total. The minimum atomic E-state index is -0.529. The number of benzene rings is 3. The molecular formula is C25H22N2O7. The molecule has 1 aliphatic heterocycles. The number of nitrogens with one attached hydrogen (secondary N) is 1. The number of nitrogens with zero attached hydrogens (tertiary/aromatic N) is 1. The number of esters is 1. The van der Waals surface area contributed by atoms with Crippen molar-refractivity contribution >= 4 is 18.1 Å². The lowest BCUT2D eigenvalue weighted by atomic mass is 10.2. The predicted octanol–water partition coefficient (Wildman–Crippen LogP) is 3.81. The first kappa shape index (κ1) is 22.7. The van der Waals surface area contributed by atoms with E-state index in [0.29, 0.717) is 46.3 Å². The maximum Gasteiger partial charge on any atom is 0.343 e. The summed E-state index contributed by atoms with van der Waals surface area (Å²) in [5.41, 5.74) is 3.85. The predicted molar refractivity (Wildman–Crippen MR) is 123 cm³/mol. The summed E-state index contributed by atoms with van der Waals surface area (Å²) in [5.74, 6) is 1.44. The summed E-state index contributed by atoms with van der Waals surface area (Å²) in [7, 11) is 1.46. The molecule has 0 bridgehead atoms. The van der Waals surface area contributed by atoms with Gasteiger partial charge in [0, 0.05) is 5.56 Å². The van der Waals surface area contributed by atoms with Gasteiger partial charge in [-0.2, -0.15) is 5.10 Å². The van der Waals surface area contributed by atoms with Crippen molar-refractivity contribution in [3.05, 3.63) is 77.4 Å². The Labute approximate surface area is 195 Å². The Morgan fingerprint density at radius 3 is 2.50 bits per heavy atom. The van der Waals surface area contributed by atoms with Gasteiger partial charge in [-0.3, -0.25) is 4.79 Å². The third-order valence-corrected chi connectivity index (χ3v) is 4.81. The van der Waals surface area contributed by atoms with Crippen LogP contribution in [0.5, 0.6) is 28.7 Å². The van der Waals surface area contributed by atoms with E-state index < -0.39 is 11.9 Å². The maximum atomic E-state index is 12.5. The van der Waals surface area contributed by atoms with E-state index in [0.717, 1.165) is 0 Å². The van der Waals surface area contributed by atoms with Crippen LogP contribution in [0.4, 0.5) is 0 Å². The number of methoxy groups -OCH3 is 1. The summed E-state index contributed by atoms with van der Waals surface area (Å²) >= 11 is 0. The molecule has 3 aromatic carbocycles. The molecule has 1 N–H and O–H groups in total. The van der Waals surface area contributed by atoms with E-state index >= 15 is 0 Å². The van der Waals surface area contributed by atoms with Crippen molar-refractivity contribution in [2.75, 3.05) is 20.5 Å². The molecule has 1 aliphatic rings. The van der Waals surface area contributed by atoms with Gasteiger partial charge >= 0.3 is 5.97 Å². The van der Waals surface area contributed by atoms with Crippen molar-refractivity contribution in [3.8, 4) is 28.7 Å². The van der Waals surface area contributed by atoms with E-state index in [2.05, 4.69) is 10.5 Å². The molecule has 0 saturated carbocycles. The quantitative estimate of drug-likeness (QED) is 0.235. The van der Waals surface area contributed by atoms with Gasteiger partial charge in [0.2, 0.25) is 6.79 Å². The second-order valence-corrected chi connectivity index (χ2v) is 7.02. The summed E-state index contributed by atoms with van der Waals surface area (Å²) in [6.45, 7) is 2.56. The van der Waals surface area contributed by atoms with Crippen molar-refractivity contribution in [1.29, 1.82) is 0 Å². The van der Waals surface area contributed by atoms with Crippen LogP contribution >= 0.6 is 0 Å². The molecule has 0 unspecified atom stereocenters. The van der Waals surface area contributed by atoms with Gasteiger partial charge in [-0.1, -0.05) is 0 Å². The molecule has 1 amide bonds. The fourth-order valence-corrected chi connectivity index (χ4v) is 3.13. The van der Waals surface area contributed by atoms with E-state index in [-0.39, 0.29) is 12.5 Å². The van der Waals surface area contributed by atoms with E-state index in [4.69, 9.17) is 23.7 Å². The second-order valence-electron chi connectivity index (χ2n) is 7.02. The van der Waals surface area contributed by atoms with Crippen molar-refractivity contribution in [1.82, 2.24) is 5.43 Å². The lowest BCUT2D eigenvalue weighted by Crippen LogP contribution is -2.17. The lowest BCUT2D eigenvalue weighted by molar-refractivity contribution is 0.0729. The normalized spacial score (nSPS) is 11.8. The van der Waals surface area contributed by atoms with Gasteiger partial charge < -0.3 is 23.7 Å². The zero-order valence-electron chi connectivity index (χ0n) is 18.6. The van der Waals surface area contributed by atoms with Gasteiger partial charge in [-0.15, -0.1) is 0 Å². The fourth-order valence-electron chi connectivity index (χ4n) is 3.13. The van der Waals surface area contributed by atoms with E-state index in [1.54, 1.807) is 60.7 Å². The monoisotopic (exact) mass is 462 g/mol. The average molecular weight is 462 g/mol. The van der Waals surface area contributed by atoms with Gasteiger partial charge in [-0.25, -0.2) is 10.2 Å². The molecule has 34 heavy (non-hydrogen) atoms. The topological polar surface area (TPSA) is 105 Å². The highest BCUT2D eigenvalue weighted by Crippen LogP contribution is 2.32. The summed E-state index contributed by atoms with van der Waals surface area (Å²) in [6.07, 6.45) is 1.45. The third kappa shape index (κ3) is 5.26. The van der Waals surface area contributed by atoms with Gasteiger partial charge in [0.1, 0.15) is 5.75 Å². The van der Waals surface area contributed by atoms with Crippen molar-refractivity contribution in [3.63, 3.8) is 0 Å². The number of ether oxygens (including phenoxy) is 5. The summed E-state index contributed by atoms with van der Waals surface area (Å²) in [5, 5.41) is 3.98. The summed E-state index contributed by atoms with van der Waals surface area (Å²) < 4.78 is 26.7. The van der Waals surface area contributed by atoms with Crippen molar-refractivity contribution in [2.45, 2.75) is 6.92 Å². The fraction of sp³-hybridized carbons (Fsp3) is 0.160. The minimum Gasteiger partial charge on any atom is -0.494 e. The van der Waals surface area contributed by atoms with Gasteiger partial charge in [0.15, 0.2) is 23.0 Å². The molecule has 0 aliphatic carbocycles. The molecule has 3 aromatic rings. The Hall–Kier alpha value is -4.53. The van der Waals surface area contributed by atoms with Crippen LogP contribution in [0.25, 0.3) is 0 Å². The molecule has 174 valence electrons. The first-order valence-electron chi connectivity index (χ1n) is 10.4. The molecule has 4 rings (SSSR count). The highest BCUT2D eigenvalue weighted by molar-refractivity contribution is 5.95. The maximum absolute atomic E-state index is 12.5. The molecule has 0 saturated heterocycles. The van der Waals surface area contributed by atoms with Crippen LogP contribution in [0.15, 0.2) is 65.8 Å². The van der Waals surface area contributed by atoms with Crippen LogP contribution in [-0.4, -0.2) is 38.6 Å². The van der Waals surface area contributed by atoms with E-state index in [1.165, 1.54) is 13.3 Å². The molecule has 9 heteroatoms. The van der Waals surface area contributed by atoms with Gasteiger partial charge in [0.05, 0.1) is 25.5 Å². The third-order valence-electron chi connectivity index (χ3n) is 4.81. The highest BCUT2D eigenvalue weighted by Gasteiger charge is 2.16. The Kier molecular flexibility index (Phi) is 6.92. The summed E-state index contributed by atoms with van der Waals surface area (Å²) in [4.78, 5) is 24.8. The van der Waals surface area contributed by atoms with Crippen LogP contribution in [0, 0.1) is 0 Å². The average Bonchev–Trinajstić information content (AvgIpc) is 3.33. The Bertz CT molecular complexity index is 1220. The van der Waals surface area contributed by atoms with Gasteiger partial charge in [0.25, 0.3) is 5.91 Å². The number of amides is 1. The molecule has 0 atom stereocenters. The van der Waals surface area contributed by atoms with Gasteiger partial charge in [-0.05, 0) is 73.2 Å². The molecule has 1 heterocycles. The van der Waals surface area contributed by atoms with Crippen LogP contribution in [0.3, 0.4) is 0 Å². The Balaban J connectivity index is 1.38. The molecular weight excluding hydrogens is 440 g/mol. The molecule has 0 radical (unpaired) electrons. The number of hydrogen-bond acceptors (Lipinski definition) is 8. The van der Waals surface area contributed by atoms with Crippen LogP contribution in [0.2, 0.25) is 0 Å². The Morgan fingerprint density at radius 2 is 1.74 bits per heavy atom. The van der Waals surface area contributed by atoms with E-state index in [1.807, 2.05) is 6.92 Å². The zero-order chi connectivity index (χ0) is 23.9. The number of rotatable bonds is 8. The SMILES string of the molecule is CCOc1ccc(C(=O)Oc2ccc(/C=N\NC(=O)c3ccc4c(c3)OCO4)cc2OC)cc1. The number of carbonyl (C=O) groups is 2. The lowest BCUT2D eigenvalue weighted by Gasteiger charge is -2.10. The summed E-state index contributed by atoms with van der Waals surface area (Å²) in [6, 6.07) is 16.4. The Morgan fingerprint density at radius 1 is 0.971 bits per heavy atom. The number of hydrazone groups is 1. The molecule has 0 spiro atoms. The second kappa shape index (κ2) is 10.4. The van der Waals surface area contributed by atoms with Crippen molar-refractivity contribution in [2.24, 2.45) is 5.10 Å². The number of carbonyl (C=O) groups excluding carboxylic acids is 2. The number of hydrogen-bond donors (Lipinski definition) is 1. The van der Waals surface area contributed by atoms with Crippen LogP contribution in [0.1, 0.15) is 33.2 Å². The van der Waals surface area contributed by atoms with Crippen LogP contribution < -0.4 is 29.1 Å². The number of fused-ring (bicyclic) bond motifs is 1. The first-order valence-corrected chi connectivity index (χ1v) is 10.4. The van der Waals surface area contributed by atoms with Crippen molar-refractivity contribution < 1.29 is 33.3 Å². The first-order chi connectivity index (χ1) is 16.6. The standard InChI is InChI=1S/C25H22N2O7/c1-3-31-19-8-5-17(6-9-19)25(29)34-21-10-4-16(12-22(21)30-2)14-26-27-24(28)18-7-11-20-23(13-18)33-15-32-20/h4-14H,3,15H2,1-2H3,(H,27,28)/b26-14-. The largest absolute Gasteiger partial charge is 0.494 e. The van der Waals surface area contributed by atoms with E-state index in [9.17, 15) is 9.59 Å².